The number of rotatable bonds is 8. The normalized spacial score (nSPS) is 25.3. The molecule has 2 aromatic carbocycles. The summed E-state index contributed by atoms with van der Waals surface area (Å²) in [5.41, 5.74) is 2.51. The highest BCUT2D eigenvalue weighted by molar-refractivity contribution is 5.50. The van der Waals surface area contributed by atoms with Crippen LogP contribution in [0.1, 0.15) is 42.4 Å². The number of hydrogen-bond donors (Lipinski definition) is 1. The summed E-state index contributed by atoms with van der Waals surface area (Å²) in [6.45, 7) is 4.73. The van der Waals surface area contributed by atoms with Crippen molar-refractivity contribution in [2.24, 2.45) is 0 Å². The monoisotopic (exact) mass is 423 g/mol. The summed E-state index contributed by atoms with van der Waals surface area (Å²) in [5.74, 6) is 2.36. The first-order valence-corrected chi connectivity index (χ1v) is 11.0. The Bertz CT molecular complexity index is 910. The average molecular weight is 424 g/mol. The van der Waals surface area contributed by atoms with Gasteiger partial charge < -0.3 is 19.3 Å². The fourth-order valence-electron chi connectivity index (χ4n) is 5.43. The van der Waals surface area contributed by atoms with Crippen LogP contribution in [0.15, 0.2) is 49.1 Å². The highest BCUT2D eigenvalue weighted by Gasteiger charge is 2.48. The van der Waals surface area contributed by atoms with Crippen molar-refractivity contribution < 1.29 is 19.3 Å². The molecule has 5 heteroatoms. The highest BCUT2D eigenvalue weighted by atomic mass is 16.5. The molecule has 5 nitrogen and oxygen atoms in total. The molecule has 31 heavy (non-hydrogen) atoms. The second-order valence-corrected chi connectivity index (χ2v) is 8.71. The molecule has 2 atom stereocenters. The summed E-state index contributed by atoms with van der Waals surface area (Å²) in [4.78, 5) is 2.57. The first-order valence-electron chi connectivity index (χ1n) is 11.0. The van der Waals surface area contributed by atoms with E-state index in [2.05, 4.69) is 23.6 Å². The first-order chi connectivity index (χ1) is 15.0. The van der Waals surface area contributed by atoms with Crippen molar-refractivity contribution in [3.8, 4) is 17.2 Å². The van der Waals surface area contributed by atoms with E-state index in [-0.39, 0.29) is 0 Å². The Morgan fingerprint density at radius 2 is 1.71 bits per heavy atom. The molecule has 0 amide bonds. The van der Waals surface area contributed by atoms with Crippen molar-refractivity contribution in [1.82, 2.24) is 4.90 Å². The number of hydrogen-bond acceptors (Lipinski definition) is 5. The zero-order chi connectivity index (χ0) is 22.0. The second kappa shape index (κ2) is 8.93. The van der Waals surface area contributed by atoms with E-state index in [1.807, 2.05) is 30.3 Å². The minimum atomic E-state index is -0.778. The fourth-order valence-corrected chi connectivity index (χ4v) is 5.43. The summed E-state index contributed by atoms with van der Waals surface area (Å²) in [6.07, 6.45) is 6.37. The van der Waals surface area contributed by atoms with Crippen molar-refractivity contribution in [2.45, 2.75) is 56.3 Å². The molecule has 2 aliphatic rings. The van der Waals surface area contributed by atoms with E-state index in [0.29, 0.717) is 12.1 Å². The van der Waals surface area contributed by atoms with Gasteiger partial charge in [0.2, 0.25) is 0 Å². The SMILES string of the molecule is C=CCc1cc(CN2[C@H]3CC[C@H]2CC(O)(c2ccc(OC)cc2)C3)cc(OC)c1OC. The van der Waals surface area contributed by atoms with Gasteiger partial charge in [0.15, 0.2) is 11.5 Å². The molecule has 0 radical (unpaired) electrons. The molecule has 0 unspecified atom stereocenters. The van der Waals surface area contributed by atoms with Gasteiger partial charge in [-0.25, -0.2) is 0 Å². The molecule has 0 saturated carbocycles. The Morgan fingerprint density at radius 3 is 2.26 bits per heavy atom. The minimum absolute atomic E-state index is 0.363. The van der Waals surface area contributed by atoms with Gasteiger partial charge >= 0.3 is 0 Å². The molecule has 2 heterocycles. The third-order valence-electron chi connectivity index (χ3n) is 6.89. The lowest BCUT2D eigenvalue weighted by Crippen LogP contribution is -2.49. The molecule has 166 valence electrons. The maximum atomic E-state index is 11.5. The van der Waals surface area contributed by atoms with Crippen LogP contribution in [0.4, 0.5) is 0 Å². The van der Waals surface area contributed by atoms with E-state index in [0.717, 1.165) is 67.0 Å². The number of fused-ring (bicyclic) bond motifs is 2. The average Bonchev–Trinajstić information content (AvgIpc) is 3.02. The lowest BCUT2D eigenvalue weighted by Gasteiger charge is -2.44. The van der Waals surface area contributed by atoms with E-state index in [1.54, 1.807) is 21.3 Å². The Morgan fingerprint density at radius 1 is 1.03 bits per heavy atom. The predicted octanol–water partition coefficient (Wildman–Crippen LogP) is 4.46. The van der Waals surface area contributed by atoms with Gasteiger partial charge in [-0.15, -0.1) is 6.58 Å². The molecule has 2 aromatic rings. The molecule has 4 rings (SSSR count). The summed E-state index contributed by atoms with van der Waals surface area (Å²) >= 11 is 0. The summed E-state index contributed by atoms with van der Waals surface area (Å²) in [5, 5.41) is 11.5. The fraction of sp³-hybridized carbons (Fsp3) is 0.462. The Labute approximate surface area is 185 Å². The molecule has 0 aliphatic carbocycles. The molecule has 0 spiro atoms. The van der Waals surface area contributed by atoms with Crippen molar-refractivity contribution in [3.63, 3.8) is 0 Å². The van der Waals surface area contributed by atoms with Crippen molar-refractivity contribution in [1.29, 1.82) is 0 Å². The summed E-state index contributed by atoms with van der Waals surface area (Å²) in [6, 6.07) is 12.9. The van der Waals surface area contributed by atoms with E-state index >= 15 is 0 Å². The van der Waals surface area contributed by atoms with Crippen LogP contribution < -0.4 is 14.2 Å². The Hall–Kier alpha value is -2.50. The summed E-state index contributed by atoms with van der Waals surface area (Å²) in [7, 11) is 5.02. The Kier molecular flexibility index (Phi) is 6.26. The van der Waals surface area contributed by atoms with Crippen molar-refractivity contribution in [2.75, 3.05) is 21.3 Å². The quantitative estimate of drug-likeness (QED) is 0.636. The zero-order valence-corrected chi connectivity index (χ0v) is 18.8. The van der Waals surface area contributed by atoms with Gasteiger partial charge in [0, 0.05) is 24.2 Å². The molecule has 2 aliphatic heterocycles. The molecular weight excluding hydrogens is 390 g/mol. The topological polar surface area (TPSA) is 51.2 Å². The first kappa shape index (κ1) is 21.7. The predicted molar refractivity (Wildman–Crippen MR) is 122 cm³/mol. The van der Waals surface area contributed by atoms with Gasteiger partial charge in [-0.1, -0.05) is 24.3 Å². The van der Waals surface area contributed by atoms with Crippen LogP contribution >= 0.6 is 0 Å². The molecular formula is C26H33NO4. The van der Waals surface area contributed by atoms with Gasteiger partial charge in [0.05, 0.1) is 26.9 Å². The maximum Gasteiger partial charge on any atom is 0.164 e. The third-order valence-corrected chi connectivity index (χ3v) is 6.89. The summed E-state index contributed by atoms with van der Waals surface area (Å²) < 4.78 is 16.5. The van der Waals surface area contributed by atoms with Gasteiger partial charge in [-0.3, -0.25) is 4.90 Å². The van der Waals surface area contributed by atoms with Crippen LogP contribution in [0.25, 0.3) is 0 Å². The van der Waals surface area contributed by atoms with Gasteiger partial charge in [0.25, 0.3) is 0 Å². The number of aliphatic hydroxyl groups is 1. The molecule has 2 bridgehead atoms. The van der Waals surface area contributed by atoms with E-state index in [1.165, 1.54) is 5.56 Å². The smallest absolute Gasteiger partial charge is 0.164 e. The van der Waals surface area contributed by atoms with Gasteiger partial charge in [-0.2, -0.15) is 0 Å². The van der Waals surface area contributed by atoms with Crippen LogP contribution in [0, 0.1) is 0 Å². The Balaban J connectivity index is 1.55. The lowest BCUT2D eigenvalue weighted by molar-refractivity contribution is -0.0595. The molecule has 0 aromatic heterocycles. The number of piperidine rings is 1. The van der Waals surface area contributed by atoms with Gasteiger partial charge in [0.1, 0.15) is 5.75 Å². The number of benzene rings is 2. The number of methoxy groups -OCH3 is 3. The van der Waals surface area contributed by atoms with Crippen LogP contribution in [0.5, 0.6) is 17.2 Å². The van der Waals surface area contributed by atoms with E-state index in [9.17, 15) is 5.11 Å². The largest absolute Gasteiger partial charge is 0.497 e. The van der Waals surface area contributed by atoms with Crippen LogP contribution in [-0.4, -0.2) is 43.4 Å². The number of nitrogens with zero attached hydrogens (tertiary/aromatic N) is 1. The van der Waals surface area contributed by atoms with E-state index in [4.69, 9.17) is 14.2 Å². The highest BCUT2D eigenvalue weighted by Crippen LogP contribution is 2.47. The number of ether oxygens (including phenoxy) is 3. The van der Waals surface area contributed by atoms with Crippen LogP contribution in [0.2, 0.25) is 0 Å². The minimum Gasteiger partial charge on any atom is -0.497 e. The maximum absolute atomic E-state index is 11.5. The van der Waals surface area contributed by atoms with Gasteiger partial charge in [-0.05, 0) is 61.4 Å². The molecule has 2 saturated heterocycles. The van der Waals surface area contributed by atoms with Crippen LogP contribution in [-0.2, 0) is 18.6 Å². The molecule has 1 N–H and O–H groups in total. The zero-order valence-electron chi connectivity index (χ0n) is 18.8. The van der Waals surface area contributed by atoms with Crippen LogP contribution in [0.3, 0.4) is 0 Å². The number of allylic oxidation sites excluding steroid dienone is 1. The second-order valence-electron chi connectivity index (χ2n) is 8.71. The van der Waals surface area contributed by atoms with Crippen molar-refractivity contribution >= 4 is 0 Å². The molecule has 2 fully saturated rings. The standard InChI is InChI=1S/C26H33NO4/c1-5-6-19-13-18(14-24(30-3)25(19)31-4)17-27-21-9-10-22(27)16-26(28,15-21)20-7-11-23(29-2)12-8-20/h5,7-8,11-14,21-22,28H,1,6,9-10,15-17H2,2-4H3/t21-,22-/m0/s1. The van der Waals surface area contributed by atoms with E-state index < -0.39 is 5.60 Å². The third kappa shape index (κ3) is 4.17. The lowest BCUT2D eigenvalue weighted by atomic mass is 9.80. The van der Waals surface area contributed by atoms with Crippen molar-refractivity contribution in [3.05, 3.63) is 65.7 Å².